The molecule has 0 bridgehead atoms. The van der Waals surface area contributed by atoms with Gasteiger partial charge in [-0.3, -0.25) is 19.2 Å². The van der Waals surface area contributed by atoms with Gasteiger partial charge in [0.05, 0.1) is 13.2 Å². The van der Waals surface area contributed by atoms with Crippen LogP contribution in [-0.4, -0.2) is 42.5 Å². The van der Waals surface area contributed by atoms with Crippen LogP contribution in [0.15, 0.2) is 103 Å². The molecule has 7 heteroatoms. The van der Waals surface area contributed by atoms with Crippen LogP contribution >= 0.6 is 0 Å². The Balaban J connectivity index is 1.49. The average Bonchev–Trinajstić information content (AvgIpc) is 3.47. The van der Waals surface area contributed by atoms with E-state index in [0.717, 1.165) is 11.3 Å². The normalized spacial score (nSPS) is 20.9. The first-order valence-corrected chi connectivity index (χ1v) is 14.1. The van der Waals surface area contributed by atoms with Gasteiger partial charge in [-0.1, -0.05) is 66.7 Å². The van der Waals surface area contributed by atoms with Gasteiger partial charge in [-0.05, 0) is 53.6 Å². The first-order chi connectivity index (χ1) is 20.9. The van der Waals surface area contributed by atoms with Gasteiger partial charge in [0.1, 0.15) is 23.0 Å². The van der Waals surface area contributed by atoms with Gasteiger partial charge >= 0.3 is 5.97 Å². The standard InChI is InChI=1S/C36H27NO6/c1-21(38)43-25-17-14-23(15-18-25)33(39)32-31(24-9-7-10-26(20-24)42-2)36(34(40)27-11-4-5-12-28(27)35(36)41)30-19-16-22-8-3-6-13-29(22)37(30)32/h3-20,30-32H,1-2H3/t30-,31+,32+/m1/s1. The molecule has 0 radical (unpaired) electrons. The predicted octanol–water partition coefficient (Wildman–Crippen LogP) is 5.94. The summed E-state index contributed by atoms with van der Waals surface area (Å²) < 4.78 is 10.7. The van der Waals surface area contributed by atoms with Gasteiger partial charge in [0.15, 0.2) is 17.3 Å². The number of para-hydroxylation sites is 1. The van der Waals surface area contributed by atoms with Crippen LogP contribution in [0.2, 0.25) is 0 Å². The Kier molecular flexibility index (Phi) is 6.13. The van der Waals surface area contributed by atoms with E-state index < -0.39 is 29.4 Å². The fourth-order valence-electron chi connectivity index (χ4n) is 7.15. The van der Waals surface area contributed by atoms with Crippen LogP contribution in [0.5, 0.6) is 11.5 Å². The number of hydrogen-bond acceptors (Lipinski definition) is 7. The molecule has 0 amide bonds. The van der Waals surface area contributed by atoms with Gasteiger partial charge < -0.3 is 14.4 Å². The summed E-state index contributed by atoms with van der Waals surface area (Å²) in [6.45, 7) is 1.31. The van der Waals surface area contributed by atoms with Crippen molar-refractivity contribution in [2.24, 2.45) is 5.41 Å². The molecule has 7 rings (SSSR count). The minimum absolute atomic E-state index is 0.259. The van der Waals surface area contributed by atoms with E-state index in [0.29, 0.717) is 33.8 Å². The second-order valence-electron chi connectivity index (χ2n) is 11.0. The van der Waals surface area contributed by atoms with Gasteiger partial charge in [-0.2, -0.15) is 0 Å². The van der Waals surface area contributed by atoms with Crippen molar-refractivity contribution in [3.05, 3.63) is 131 Å². The van der Waals surface area contributed by atoms with Crippen molar-refractivity contribution in [3.8, 4) is 11.5 Å². The molecule has 0 aromatic heterocycles. The van der Waals surface area contributed by atoms with E-state index in [-0.39, 0.29) is 17.3 Å². The zero-order valence-electron chi connectivity index (χ0n) is 23.5. The van der Waals surface area contributed by atoms with E-state index in [4.69, 9.17) is 9.47 Å². The summed E-state index contributed by atoms with van der Waals surface area (Å²) in [5.41, 5.74) is 1.82. The largest absolute Gasteiger partial charge is 0.497 e. The number of anilines is 1. The first kappa shape index (κ1) is 26.6. The van der Waals surface area contributed by atoms with Gasteiger partial charge in [0.25, 0.3) is 0 Å². The third-order valence-electron chi connectivity index (χ3n) is 8.83. The highest BCUT2D eigenvalue weighted by Gasteiger charge is 2.71. The van der Waals surface area contributed by atoms with Crippen LogP contribution in [0.3, 0.4) is 0 Å². The summed E-state index contributed by atoms with van der Waals surface area (Å²) >= 11 is 0. The monoisotopic (exact) mass is 569 g/mol. The Bertz CT molecular complexity index is 1820. The van der Waals surface area contributed by atoms with Crippen molar-refractivity contribution in [1.82, 2.24) is 0 Å². The lowest BCUT2D eigenvalue weighted by Gasteiger charge is -2.37. The van der Waals surface area contributed by atoms with Crippen molar-refractivity contribution < 1.29 is 28.7 Å². The summed E-state index contributed by atoms with van der Waals surface area (Å²) in [6, 6.07) is 26.6. The zero-order valence-corrected chi connectivity index (χ0v) is 23.5. The maximum absolute atomic E-state index is 14.8. The highest BCUT2D eigenvalue weighted by molar-refractivity contribution is 6.32. The summed E-state index contributed by atoms with van der Waals surface area (Å²) in [5, 5.41) is 0. The topological polar surface area (TPSA) is 90.0 Å². The van der Waals surface area contributed by atoms with Gasteiger partial charge in [-0.15, -0.1) is 0 Å². The molecule has 1 fully saturated rings. The number of carbonyl (C=O) groups is 4. The van der Waals surface area contributed by atoms with Crippen molar-refractivity contribution in [1.29, 1.82) is 0 Å². The number of benzene rings is 4. The zero-order chi connectivity index (χ0) is 29.9. The Morgan fingerprint density at radius 1 is 0.791 bits per heavy atom. The second-order valence-corrected chi connectivity index (χ2v) is 11.0. The average molecular weight is 570 g/mol. The highest BCUT2D eigenvalue weighted by Crippen LogP contribution is 2.61. The molecular weight excluding hydrogens is 542 g/mol. The van der Waals surface area contributed by atoms with Crippen LogP contribution < -0.4 is 14.4 Å². The van der Waals surface area contributed by atoms with Crippen LogP contribution in [-0.2, 0) is 4.79 Å². The molecule has 4 aromatic rings. The van der Waals surface area contributed by atoms with Crippen LogP contribution in [0.1, 0.15) is 55.0 Å². The molecule has 1 spiro atoms. The van der Waals surface area contributed by atoms with Crippen LogP contribution in [0, 0.1) is 5.41 Å². The Morgan fingerprint density at radius 3 is 2.14 bits per heavy atom. The van der Waals surface area contributed by atoms with Gasteiger partial charge in [0, 0.05) is 35.2 Å². The molecule has 0 N–H and O–H groups in total. The number of ketones is 3. The molecule has 3 atom stereocenters. The van der Waals surface area contributed by atoms with E-state index in [1.807, 2.05) is 59.5 Å². The fraction of sp³-hybridized carbons (Fsp3) is 0.167. The number of esters is 1. The molecule has 7 nitrogen and oxygen atoms in total. The smallest absolute Gasteiger partial charge is 0.308 e. The van der Waals surface area contributed by atoms with Crippen molar-refractivity contribution in [2.45, 2.75) is 24.9 Å². The van der Waals surface area contributed by atoms with Crippen molar-refractivity contribution in [3.63, 3.8) is 0 Å². The molecule has 2 aliphatic heterocycles. The summed E-state index contributed by atoms with van der Waals surface area (Å²) in [5.74, 6) is -1.28. The lowest BCUT2D eigenvalue weighted by molar-refractivity contribution is -0.131. The number of Topliss-reactive ketones (excluding diaryl/α,β-unsaturated/α-hetero) is 3. The molecule has 2 heterocycles. The van der Waals surface area contributed by atoms with E-state index >= 15 is 0 Å². The van der Waals surface area contributed by atoms with Crippen molar-refractivity contribution >= 4 is 35.1 Å². The third-order valence-corrected chi connectivity index (χ3v) is 8.83. The van der Waals surface area contributed by atoms with Gasteiger partial charge in [0.2, 0.25) is 0 Å². The third kappa shape index (κ3) is 3.81. The number of carbonyl (C=O) groups excluding carboxylic acids is 4. The number of fused-ring (bicyclic) bond motifs is 5. The highest BCUT2D eigenvalue weighted by atomic mass is 16.5. The minimum atomic E-state index is -1.60. The molecule has 0 unspecified atom stereocenters. The Morgan fingerprint density at radius 2 is 1.47 bits per heavy atom. The fourth-order valence-corrected chi connectivity index (χ4v) is 7.15. The lowest BCUT2D eigenvalue weighted by Crippen LogP contribution is -2.48. The van der Waals surface area contributed by atoms with Crippen LogP contribution in [0.4, 0.5) is 5.69 Å². The molecule has 1 aliphatic carbocycles. The Hall–Kier alpha value is -5.30. The molecule has 4 aromatic carbocycles. The second kappa shape index (κ2) is 9.91. The lowest BCUT2D eigenvalue weighted by atomic mass is 9.64. The quantitative estimate of drug-likeness (QED) is 0.127. The van der Waals surface area contributed by atoms with Crippen molar-refractivity contribution in [2.75, 3.05) is 12.0 Å². The van der Waals surface area contributed by atoms with E-state index in [1.54, 1.807) is 61.7 Å². The number of methoxy groups -OCH3 is 1. The van der Waals surface area contributed by atoms with Gasteiger partial charge in [-0.25, -0.2) is 0 Å². The van der Waals surface area contributed by atoms with E-state index in [2.05, 4.69) is 0 Å². The summed E-state index contributed by atoms with van der Waals surface area (Å²) in [4.78, 5) is 57.7. The summed E-state index contributed by atoms with van der Waals surface area (Å²) in [6.07, 6.45) is 3.83. The van der Waals surface area contributed by atoms with E-state index in [1.165, 1.54) is 6.92 Å². The maximum Gasteiger partial charge on any atom is 0.308 e. The molecule has 212 valence electrons. The minimum Gasteiger partial charge on any atom is -0.497 e. The van der Waals surface area contributed by atoms with Crippen LogP contribution in [0.25, 0.3) is 6.08 Å². The number of rotatable bonds is 5. The molecule has 1 saturated heterocycles. The molecule has 3 aliphatic rings. The molecular formula is C36H27NO6. The number of ether oxygens (including phenoxy) is 2. The SMILES string of the molecule is COc1cccc([C@H]2[C@@H](C(=O)c3ccc(OC(C)=O)cc3)N3c4ccccc4C=C[C@@H]3C23C(=O)c2ccccc2C3=O)c1. The first-order valence-electron chi connectivity index (χ1n) is 14.1. The summed E-state index contributed by atoms with van der Waals surface area (Å²) in [7, 11) is 1.56. The number of nitrogens with zero attached hydrogens (tertiary/aromatic N) is 1. The molecule has 43 heavy (non-hydrogen) atoms. The molecule has 0 saturated carbocycles. The Labute approximate surface area is 248 Å². The number of hydrogen-bond donors (Lipinski definition) is 0. The maximum atomic E-state index is 14.8. The van der Waals surface area contributed by atoms with E-state index in [9.17, 15) is 19.2 Å². The predicted molar refractivity (Wildman–Crippen MR) is 161 cm³/mol.